The van der Waals surface area contributed by atoms with Crippen molar-refractivity contribution in [2.75, 3.05) is 0 Å². The van der Waals surface area contributed by atoms with Crippen LogP contribution in [0.15, 0.2) is 54.6 Å². The number of cyclic esters (lactones) is 1. The molecule has 0 bridgehead atoms. The molecule has 0 amide bonds. The van der Waals surface area contributed by atoms with Crippen LogP contribution in [0.25, 0.3) is 5.57 Å². The molecule has 2 heteroatoms. The van der Waals surface area contributed by atoms with Crippen molar-refractivity contribution in [2.24, 2.45) is 0 Å². The minimum absolute atomic E-state index is 0.199. The Morgan fingerprint density at radius 3 is 2.36 bits per heavy atom. The van der Waals surface area contributed by atoms with Gasteiger partial charge < -0.3 is 4.74 Å². The van der Waals surface area contributed by atoms with Crippen LogP contribution in [0.5, 0.6) is 0 Å². The zero-order chi connectivity index (χ0) is 15.4. The molecule has 4 rings (SSSR count). The van der Waals surface area contributed by atoms with E-state index in [1.807, 2.05) is 18.2 Å². The smallest absolute Gasteiger partial charge is 0.338 e. The second kappa shape index (κ2) is 6.61. The standard InChI is InChI=1S/C12H14.C8H6O2/c1-2-5-10-8-9-11-6-3-4-7-12(10)11;9-8-7-4-2-1-3-6(7)5-10-8/h3-4,6-8H,2,5,9H2,1H3;1-4H,5H2. The molecular weight excluding hydrogens is 272 g/mol. The van der Waals surface area contributed by atoms with Crippen molar-refractivity contribution in [3.8, 4) is 0 Å². The largest absolute Gasteiger partial charge is 0.457 e. The lowest BCUT2D eigenvalue weighted by molar-refractivity contribution is 0.0535. The summed E-state index contributed by atoms with van der Waals surface area (Å²) in [5, 5.41) is 0. The summed E-state index contributed by atoms with van der Waals surface area (Å²) in [4.78, 5) is 10.8. The van der Waals surface area contributed by atoms with Gasteiger partial charge in [0.15, 0.2) is 0 Å². The molecule has 0 aromatic heterocycles. The lowest BCUT2D eigenvalue weighted by atomic mass is 10.0. The third-order valence-corrected chi connectivity index (χ3v) is 4.05. The van der Waals surface area contributed by atoms with Gasteiger partial charge in [-0.25, -0.2) is 4.79 Å². The summed E-state index contributed by atoms with van der Waals surface area (Å²) < 4.78 is 4.78. The Balaban J connectivity index is 0.000000133. The highest BCUT2D eigenvalue weighted by Gasteiger charge is 2.18. The fourth-order valence-corrected chi connectivity index (χ4v) is 2.93. The predicted molar refractivity (Wildman–Crippen MR) is 88.6 cm³/mol. The molecule has 1 aliphatic heterocycles. The summed E-state index contributed by atoms with van der Waals surface area (Å²) in [7, 11) is 0. The van der Waals surface area contributed by atoms with E-state index >= 15 is 0 Å². The van der Waals surface area contributed by atoms with Gasteiger partial charge >= 0.3 is 5.97 Å². The van der Waals surface area contributed by atoms with Gasteiger partial charge in [-0.2, -0.15) is 0 Å². The maximum absolute atomic E-state index is 10.8. The van der Waals surface area contributed by atoms with Crippen LogP contribution in [0.1, 0.15) is 46.8 Å². The van der Waals surface area contributed by atoms with Crippen LogP contribution < -0.4 is 0 Å². The highest BCUT2D eigenvalue weighted by Crippen LogP contribution is 2.29. The molecule has 0 atom stereocenters. The molecule has 0 saturated heterocycles. The number of benzene rings is 2. The van der Waals surface area contributed by atoms with Crippen LogP contribution in [0, 0.1) is 0 Å². The number of carbonyl (C=O) groups is 1. The molecule has 2 nitrogen and oxygen atoms in total. The Bertz CT molecular complexity index is 713. The lowest BCUT2D eigenvalue weighted by Gasteiger charge is -2.02. The predicted octanol–water partition coefficient (Wildman–Crippen LogP) is 4.78. The topological polar surface area (TPSA) is 26.3 Å². The zero-order valence-electron chi connectivity index (χ0n) is 12.8. The number of hydrogen-bond acceptors (Lipinski definition) is 2. The Kier molecular flexibility index (Phi) is 4.38. The Labute approximate surface area is 131 Å². The average molecular weight is 292 g/mol. The normalized spacial score (nSPS) is 14.4. The molecule has 2 aromatic rings. The number of esters is 1. The highest BCUT2D eigenvalue weighted by molar-refractivity contribution is 5.93. The monoisotopic (exact) mass is 292 g/mol. The molecule has 22 heavy (non-hydrogen) atoms. The van der Waals surface area contributed by atoms with E-state index in [-0.39, 0.29) is 5.97 Å². The SMILES string of the molecule is CCCC1=CCc2ccccc21.O=C1OCc2ccccc21. The van der Waals surface area contributed by atoms with Gasteiger partial charge in [-0.05, 0) is 35.6 Å². The molecule has 0 saturated carbocycles. The summed E-state index contributed by atoms with van der Waals surface area (Å²) in [6.07, 6.45) is 6.00. The van der Waals surface area contributed by atoms with Gasteiger partial charge in [-0.3, -0.25) is 0 Å². The number of hydrogen-bond donors (Lipinski definition) is 0. The van der Waals surface area contributed by atoms with E-state index in [1.165, 1.54) is 24.0 Å². The fourth-order valence-electron chi connectivity index (χ4n) is 2.93. The molecule has 0 radical (unpaired) electrons. The maximum Gasteiger partial charge on any atom is 0.338 e. The molecule has 2 aliphatic rings. The molecule has 0 N–H and O–H groups in total. The van der Waals surface area contributed by atoms with E-state index in [9.17, 15) is 4.79 Å². The molecule has 0 spiro atoms. The van der Waals surface area contributed by atoms with E-state index in [4.69, 9.17) is 4.74 Å². The van der Waals surface area contributed by atoms with E-state index in [1.54, 1.807) is 11.6 Å². The van der Waals surface area contributed by atoms with Gasteiger partial charge in [-0.1, -0.05) is 61.9 Å². The van der Waals surface area contributed by atoms with Crippen LogP contribution in [0.3, 0.4) is 0 Å². The summed E-state index contributed by atoms with van der Waals surface area (Å²) in [6.45, 7) is 2.68. The minimum atomic E-state index is -0.199. The molecule has 112 valence electrons. The molecule has 2 aromatic carbocycles. The first-order chi connectivity index (χ1) is 10.8. The van der Waals surface area contributed by atoms with Gasteiger partial charge in [0.05, 0.1) is 5.56 Å². The van der Waals surface area contributed by atoms with E-state index in [0.29, 0.717) is 12.2 Å². The van der Waals surface area contributed by atoms with Gasteiger partial charge in [0.2, 0.25) is 0 Å². The van der Waals surface area contributed by atoms with Gasteiger partial charge in [0, 0.05) is 5.56 Å². The van der Waals surface area contributed by atoms with Crippen LogP contribution in [0.4, 0.5) is 0 Å². The van der Waals surface area contributed by atoms with Crippen LogP contribution in [-0.4, -0.2) is 5.97 Å². The number of rotatable bonds is 2. The van der Waals surface area contributed by atoms with Crippen LogP contribution in [-0.2, 0) is 17.8 Å². The molecule has 0 fully saturated rings. The highest BCUT2D eigenvalue weighted by atomic mass is 16.5. The Hall–Kier alpha value is -2.35. The van der Waals surface area contributed by atoms with E-state index in [0.717, 1.165) is 12.0 Å². The number of allylic oxidation sites excluding steroid dienone is 2. The van der Waals surface area contributed by atoms with E-state index < -0.39 is 0 Å². The fraction of sp³-hybridized carbons (Fsp3) is 0.250. The first kappa shape index (κ1) is 14.6. The second-order valence-corrected chi connectivity index (χ2v) is 5.57. The maximum atomic E-state index is 10.8. The quantitative estimate of drug-likeness (QED) is 0.744. The zero-order valence-corrected chi connectivity index (χ0v) is 12.8. The second-order valence-electron chi connectivity index (χ2n) is 5.57. The van der Waals surface area contributed by atoms with Crippen molar-refractivity contribution in [1.29, 1.82) is 0 Å². The molecule has 1 heterocycles. The summed E-state index contributed by atoms with van der Waals surface area (Å²) in [5.41, 5.74) is 6.24. The van der Waals surface area contributed by atoms with Gasteiger partial charge in [-0.15, -0.1) is 0 Å². The van der Waals surface area contributed by atoms with Crippen LogP contribution in [0.2, 0.25) is 0 Å². The van der Waals surface area contributed by atoms with Crippen molar-refractivity contribution in [3.63, 3.8) is 0 Å². The first-order valence-corrected chi connectivity index (χ1v) is 7.82. The average Bonchev–Trinajstić information content (AvgIpc) is 3.14. The summed E-state index contributed by atoms with van der Waals surface area (Å²) in [5.74, 6) is -0.199. The van der Waals surface area contributed by atoms with Gasteiger partial charge in [0.25, 0.3) is 0 Å². The summed E-state index contributed by atoms with van der Waals surface area (Å²) >= 11 is 0. The van der Waals surface area contributed by atoms with E-state index in [2.05, 4.69) is 37.3 Å². The van der Waals surface area contributed by atoms with Gasteiger partial charge in [0.1, 0.15) is 6.61 Å². The Morgan fingerprint density at radius 2 is 1.64 bits per heavy atom. The summed E-state index contributed by atoms with van der Waals surface area (Å²) in [6, 6.07) is 16.2. The molecule has 1 aliphatic carbocycles. The van der Waals surface area contributed by atoms with Crippen molar-refractivity contribution in [1.82, 2.24) is 0 Å². The number of fused-ring (bicyclic) bond motifs is 2. The third kappa shape index (κ3) is 2.96. The van der Waals surface area contributed by atoms with Crippen molar-refractivity contribution < 1.29 is 9.53 Å². The molecular formula is C20H20O2. The number of carbonyl (C=O) groups excluding carboxylic acids is 1. The lowest BCUT2D eigenvalue weighted by Crippen LogP contribution is -1.91. The Morgan fingerprint density at radius 1 is 0.955 bits per heavy atom. The van der Waals surface area contributed by atoms with Crippen molar-refractivity contribution in [3.05, 3.63) is 76.9 Å². The molecule has 0 unspecified atom stereocenters. The number of ether oxygens (including phenoxy) is 1. The van der Waals surface area contributed by atoms with Crippen LogP contribution >= 0.6 is 0 Å². The van der Waals surface area contributed by atoms with Crippen molar-refractivity contribution in [2.45, 2.75) is 32.8 Å². The van der Waals surface area contributed by atoms with Crippen molar-refractivity contribution >= 4 is 11.5 Å². The minimum Gasteiger partial charge on any atom is -0.457 e. The first-order valence-electron chi connectivity index (χ1n) is 7.82. The third-order valence-electron chi connectivity index (χ3n) is 4.05.